The molecule has 0 spiro atoms. The molecule has 0 aliphatic carbocycles. The maximum atomic E-state index is 12.1. The molecule has 1 aliphatic heterocycles. The Morgan fingerprint density at radius 2 is 2.13 bits per heavy atom. The van der Waals surface area contributed by atoms with Gasteiger partial charge in [0.25, 0.3) is 5.91 Å². The molecular weight excluding hydrogens is 428 g/mol. The van der Waals surface area contributed by atoms with E-state index in [4.69, 9.17) is 9.94 Å². The summed E-state index contributed by atoms with van der Waals surface area (Å²) in [4.78, 5) is 16.4. The first-order chi connectivity index (χ1) is 14.1. The maximum absolute atomic E-state index is 12.1. The molecular formula is C20H20N2O6S2. The molecule has 3 rings (SSSR count). The fourth-order valence-corrected chi connectivity index (χ4v) is 4.57. The van der Waals surface area contributed by atoms with Gasteiger partial charge in [-0.25, -0.2) is 18.9 Å². The third kappa shape index (κ3) is 4.64. The number of amides is 1. The smallest absolute Gasteiger partial charge is 0.264 e. The van der Waals surface area contributed by atoms with Crippen LogP contribution in [0.2, 0.25) is 0 Å². The summed E-state index contributed by atoms with van der Waals surface area (Å²) in [5.41, 5.74) is 1.80. The number of nitrogens with one attached hydrogen (secondary N) is 1. The lowest BCUT2D eigenvalue weighted by molar-refractivity contribution is -0.140. The van der Waals surface area contributed by atoms with E-state index in [9.17, 15) is 18.3 Å². The minimum atomic E-state index is -3.76. The van der Waals surface area contributed by atoms with Gasteiger partial charge in [0, 0.05) is 18.2 Å². The van der Waals surface area contributed by atoms with Gasteiger partial charge in [-0.15, -0.1) is 11.3 Å². The van der Waals surface area contributed by atoms with Crippen LogP contribution in [0.25, 0.3) is 10.2 Å². The third-order valence-corrected chi connectivity index (χ3v) is 8.00. The number of thiazole rings is 1. The number of aliphatic hydroxyl groups is 1. The largest absolute Gasteiger partial charge is 0.373 e. The van der Waals surface area contributed by atoms with Crippen LogP contribution in [0.1, 0.15) is 23.9 Å². The van der Waals surface area contributed by atoms with E-state index < -0.39 is 26.1 Å². The van der Waals surface area contributed by atoms with Crippen LogP contribution in [0, 0.1) is 23.7 Å². The summed E-state index contributed by atoms with van der Waals surface area (Å²) >= 11 is 1.38. The van der Waals surface area contributed by atoms with Gasteiger partial charge in [-0.05, 0) is 49.3 Å². The first-order valence-electron chi connectivity index (χ1n) is 8.93. The van der Waals surface area contributed by atoms with Crippen molar-refractivity contribution < 1.29 is 28.3 Å². The zero-order chi connectivity index (χ0) is 22.0. The first kappa shape index (κ1) is 22.2. The number of rotatable bonds is 5. The molecule has 1 saturated heterocycles. The highest BCUT2D eigenvalue weighted by atomic mass is 32.2. The lowest BCUT2D eigenvalue weighted by Gasteiger charge is -2.30. The maximum Gasteiger partial charge on any atom is 0.264 e. The molecule has 2 heterocycles. The number of carbonyl (C=O) groups is 1. The number of hydrogen-bond donors (Lipinski definition) is 3. The average Bonchev–Trinajstić information content (AvgIpc) is 3.08. The van der Waals surface area contributed by atoms with Crippen molar-refractivity contribution in [1.29, 1.82) is 0 Å². The van der Waals surface area contributed by atoms with E-state index >= 15 is 0 Å². The number of nitrogens with zero attached hydrogens (tertiary/aromatic N) is 1. The van der Waals surface area contributed by atoms with Crippen LogP contribution in [0.15, 0.2) is 18.2 Å². The van der Waals surface area contributed by atoms with Crippen LogP contribution in [0.5, 0.6) is 0 Å². The Bertz CT molecular complexity index is 1210. The van der Waals surface area contributed by atoms with E-state index in [1.807, 2.05) is 6.07 Å². The monoisotopic (exact) mass is 448 g/mol. The average molecular weight is 449 g/mol. The molecule has 30 heavy (non-hydrogen) atoms. The molecule has 10 heteroatoms. The number of benzene rings is 1. The fourth-order valence-electron chi connectivity index (χ4n) is 2.71. The summed E-state index contributed by atoms with van der Waals surface area (Å²) in [6.07, 6.45) is 1.20. The van der Waals surface area contributed by atoms with Crippen LogP contribution in [0.3, 0.4) is 0 Å². The number of aromatic nitrogens is 1. The Hall–Kier alpha value is -2.47. The predicted molar refractivity (Wildman–Crippen MR) is 112 cm³/mol. The van der Waals surface area contributed by atoms with Gasteiger partial charge in [-0.2, -0.15) is 0 Å². The Kier molecular flexibility index (Phi) is 6.18. The fraction of sp³-hybridized carbons (Fsp3) is 0.400. The molecule has 1 atom stereocenters. The predicted octanol–water partition coefficient (Wildman–Crippen LogP) is 0.654. The molecule has 2 aromatic rings. The van der Waals surface area contributed by atoms with Gasteiger partial charge in [-0.3, -0.25) is 10.0 Å². The Morgan fingerprint density at radius 3 is 2.73 bits per heavy atom. The number of aryl methyl sites for hydroxylation is 1. The van der Waals surface area contributed by atoms with E-state index in [0.29, 0.717) is 5.01 Å². The number of sulfone groups is 1. The number of hydrogen-bond acceptors (Lipinski definition) is 8. The van der Waals surface area contributed by atoms with Crippen LogP contribution in [0.4, 0.5) is 0 Å². The molecule has 1 aromatic carbocycles. The summed E-state index contributed by atoms with van der Waals surface area (Å²) in [6, 6.07) is 5.44. The first-order valence-corrected chi connectivity index (χ1v) is 11.6. The number of fused-ring (bicyclic) bond motifs is 1. The zero-order valence-electron chi connectivity index (χ0n) is 16.4. The van der Waals surface area contributed by atoms with E-state index in [1.54, 1.807) is 12.1 Å². The van der Waals surface area contributed by atoms with Gasteiger partial charge in [0.2, 0.25) is 0 Å². The highest BCUT2D eigenvalue weighted by molar-refractivity contribution is 7.92. The molecule has 0 saturated carbocycles. The lowest BCUT2D eigenvalue weighted by atomic mass is 10.0. The van der Waals surface area contributed by atoms with E-state index in [1.165, 1.54) is 23.7 Å². The minimum absolute atomic E-state index is 0.0209. The van der Waals surface area contributed by atoms with Gasteiger partial charge in [0.15, 0.2) is 15.4 Å². The second kappa shape index (κ2) is 8.34. The van der Waals surface area contributed by atoms with Gasteiger partial charge in [-0.1, -0.05) is 5.92 Å². The second-order valence-corrected chi connectivity index (χ2v) is 10.8. The van der Waals surface area contributed by atoms with Gasteiger partial charge < -0.3 is 9.84 Å². The van der Waals surface area contributed by atoms with Crippen molar-refractivity contribution in [3.05, 3.63) is 28.8 Å². The molecule has 158 valence electrons. The van der Waals surface area contributed by atoms with Crippen molar-refractivity contribution in [2.45, 2.75) is 30.1 Å². The third-order valence-electron chi connectivity index (χ3n) is 4.90. The van der Waals surface area contributed by atoms with Gasteiger partial charge in [0.1, 0.15) is 4.75 Å². The Morgan fingerprint density at radius 1 is 1.40 bits per heavy atom. The van der Waals surface area contributed by atoms with E-state index in [0.717, 1.165) is 22.0 Å². The number of carbonyl (C=O) groups excluding carboxylic acids is 1. The van der Waals surface area contributed by atoms with E-state index in [-0.39, 0.29) is 26.1 Å². The molecule has 8 nitrogen and oxygen atoms in total. The molecule has 3 N–H and O–H groups in total. The normalized spacial score (nSPS) is 16.9. The Balaban J connectivity index is 1.75. The summed E-state index contributed by atoms with van der Waals surface area (Å²) in [7, 11) is -3.76. The van der Waals surface area contributed by atoms with E-state index in [2.05, 4.69) is 28.7 Å². The van der Waals surface area contributed by atoms with Crippen LogP contribution in [-0.4, -0.2) is 59.4 Å². The highest BCUT2D eigenvalue weighted by Crippen LogP contribution is 2.28. The van der Waals surface area contributed by atoms with Crippen molar-refractivity contribution in [2.24, 2.45) is 0 Å². The van der Waals surface area contributed by atoms with Crippen molar-refractivity contribution in [1.82, 2.24) is 10.5 Å². The highest BCUT2D eigenvalue weighted by Gasteiger charge is 2.43. The molecule has 1 unspecified atom stereocenters. The summed E-state index contributed by atoms with van der Waals surface area (Å²) in [6.45, 7) is 1.66. The summed E-state index contributed by atoms with van der Waals surface area (Å²) < 4.78 is 28.1. The van der Waals surface area contributed by atoms with Crippen LogP contribution < -0.4 is 5.48 Å². The standard InChI is InChI=1S/C20H20N2O6S2/c1-19(18(23)22-25,30(2,26)27)10-8-17-21-15-7-6-14(11-16(15)29-17)5-3-4-9-20(24)12-28-13-20/h6-7,11,24-25H,8,10,12-13H2,1-2H3,(H,22,23). The van der Waals surface area contributed by atoms with Gasteiger partial charge in [0.05, 0.1) is 28.4 Å². The van der Waals surface area contributed by atoms with Crippen molar-refractivity contribution in [3.8, 4) is 23.7 Å². The molecule has 1 fully saturated rings. The second-order valence-electron chi connectivity index (χ2n) is 7.26. The quantitative estimate of drug-likeness (QED) is 0.348. The van der Waals surface area contributed by atoms with Crippen molar-refractivity contribution in [3.63, 3.8) is 0 Å². The lowest BCUT2D eigenvalue weighted by Crippen LogP contribution is -2.49. The number of hydroxylamine groups is 1. The topological polar surface area (TPSA) is 126 Å². The molecule has 1 aromatic heterocycles. The number of ether oxygens (including phenoxy) is 1. The summed E-state index contributed by atoms with van der Waals surface area (Å²) in [5, 5.41) is 19.4. The van der Waals surface area contributed by atoms with Crippen LogP contribution >= 0.6 is 11.3 Å². The van der Waals surface area contributed by atoms with Crippen LogP contribution in [-0.2, 0) is 25.8 Å². The molecule has 0 bridgehead atoms. The molecule has 1 aliphatic rings. The summed E-state index contributed by atoms with van der Waals surface area (Å²) in [5.74, 6) is 9.93. The minimum Gasteiger partial charge on any atom is -0.373 e. The molecule has 0 radical (unpaired) electrons. The van der Waals surface area contributed by atoms with Gasteiger partial charge >= 0.3 is 0 Å². The molecule has 1 amide bonds. The SMILES string of the molecule is CC(CCc1nc2ccc(C#CC#CC3(O)COC3)cc2s1)(C(=O)NO)S(C)(=O)=O. The zero-order valence-corrected chi connectivity index (χ0v) is 18.0. The van der Waals surface area contributed by atoms with Crippen molar-refractivity contribution in [2.75, 3.05) is 19.5 Å². The Labute approximate surface area is 178 Å². The van der Waals surface area contributed by atoms with Crippen molar-refractivity contribution >= 4 is 37.3 Å².